The SMILES string of the molecule is CCCCCCCCCCCCCCCCCC(=O)OC(C)C(C)C(N)C(O)O. The van der Waals surface area contributed by atoms with Gasteiger partial charge in [0.2, 0.25) is 0 Å². The molecule has 4 N–H and O–H groups in total. The molecule has 29 heavy (non-hydrogen) atoms. The van der Waals surface area contributed by atoms with Crippen LogP contribution in [0.25, 0.3) is 0 Å². The summed E-state index contributed by atoms with van der Waals surface area (Å²) in [6.45, 7) is 5.77. The maximum absolute atomic E-state index is 11.9. The summed E-state index contributed by atoms with van der Waals surface area (Å²) in [5.74, 6) is -0.529. The molecule has 0 aliphatic carbocycles. The van der Waals surface area contributed by atoms with Crippen molar-refractivity contribution in [3.8, 4) is 0 Å². The average molecular weight is 416 g/mol. The predicted molar refractivity (Wildman–Crippen MR) is 120 cm³/mol. The highest BCUT2D eigenvalue weighted by molar-refractivity contribution is 5.69. The van der Waals surface area contributed by atoms with Crippen LogP contribution >= 0.6 is 0 Å². The molecule has 0 saturated heterocycles. The lowest BCUT2D eigenvalue weighted by molar-refractivity contribution is -0.153. The number of aliphatic hydroxyl groups excluding tert-OH is 1. The van der Waals surface area contributed by atoms with Crippen molar-refractivity contribution in [3.05, 3.63) is 0 Å². The van der Waals surface area contributed by atoms with Crippen LogP contribution in [-0.2, 0) is 9.53 Å². The third kappa shape index (κ3) is 16.8. The van der Waals surface area contributed by atoms with Gasteiger partial charge in [-0.1, -0.05) is 104 Å². The van der Waals surface area contributed by atoms with E-state index in [1.807, 2.05) is 0 Å². The Labute approximate surface area is 179 Å². The fraction of sp³-hybridized carbons (Fsp3) is 0.958. The summed E-state index contributed by atoms with van der Waals surface area (Å²) in [5, 5.41) is 18.2. The van der Waals surface area contributed by atoms with E-state index in [1.54, 1.807) is 13.8 Å². The van der Waals surface area contributed by atoms with Gasteiger partial charge in [0.25, 0.3) is 0 Å². The Bertz CT molecular complexity index is 376. The fourth-order valence-corrected chi connectivity index (χ4v) is 3.60. The molecule has 0 radical (unpaired) electrons. The molecule has 0 fully saturated rings. The van der Waals surface area contributed by atoms with Gasteiger partial charge in [-0.05, 0) is 13.3 Å². The van der Waals surface area contributed by atoms with Gasteiger partial charge in [-0.15, -0.1) is 0 Å². The number of esters is 1. The zero-order valence-electron chi connectivity index (χ0n) is 19.4. The van der Waals surface area contributed by atoms with E-state index in [0.29, 0.717) is 6.42 Å². The van der Waals surface area contributed by atoms with Gasteiger partial charge in [0, 0.05) is 12.3 Å². The van der Waals surface area contributed by atoms with Gasteiger partial charge in [0.05, 0.1) is 6.04 Å². The number of hydrogen-bond donors (Lipinski definition) is 3. The van der Waals surface area contributed by atoms with Gasteiger partial charge in [-0.3, -0.25) is 4.79 Å². The zero-order valence-corrected chi connectivity index (χ0v) is 19.4. The number of rotatable bonds is 20. The van der Waals surface area contributed by atoms with Crippen LogP contribution < -0.4 is 5.73 Å². The van der Waals surface area contributed by atoms with Crippen LogP contribution in [0.3, 0.4) is 0 Å². The summed E-state index contributed by atoms with van der Waals surface area (Å²) in [4.78, 5) is 11.9. The molecule has 0 rings (SSSR count). The van der Waals surface area contributed by atoms with Crippen LogP contribution in [0.1, 0.15) is 124 Å². The first-order chi connectivity index (χ1) is 13.9. The first-order valence-corrected chi connectivity index (χ1v) is 12.2. The number of carbonyl (C=O) groups is 1. The summed E-state index contributed by atoms with van der Waals surface area (Å²) in [5.41, 5.74) is 5.68. The molecule has 5 heteroatoms. The minimum absolute atomic E-state index is 0.223. The highest BCUT2D eigenvalue weighted by Crippen LogP contribution is 2.16. The van der Waals surface area contributed by atoms with E-state index in [1.165, 1.54) is 83.5 Å². The van der Waals surface area contributed by atoms with Crippen molar-refractivity contribution in [3.63, 3.8) is 0 Å². The monoisotopic (exact) mass is 415 g/mol. The second-order valence-corrected chi connectivity index (χ2v) is 8.74. The minimum atomic E-state index is -1.60. The van der Waals surface area contributed by atoms with Gasteiger partial charge in [-0.25, -0.2) is 0 Å². The highest BCUT2D eigenvalue weighted by Gasteiger charge is 2.26. The first kappa shape index (κ1) is 28.4. The number of ether oxygens (including phenoxy) is 1. The smallest absolute Gasteiger partial charge is 0.306 e. The average Bonchev–Trinajstić information content (AvgIpc) is 2.69. The van der Waals surface area contributed by atoms with Gasteiger partial charge >= 0.3 is 5.97 Å². The Morgan fingerprint density at radius 1 is 0.759 bits per heavy atom. The Morgan fingerprint density at radius 3 is 1.52 bits per heavy atom. The highest BCUT2D eigenvalue weighted by atomic mass is 16.5. The maximum atomic E-state index is 11.9. The zero-order chi connectivity index (χ0) is 21.9. The molecule has 0 heterocycles. The third-order valence-corrected chi connectivity index (χ3v) is 5.99. The van der Waals surface area contributed by atoms with E-state index >= 15 is 0 Å². The summed E-state index contributed by atoms with van der Waals surface area (Å²) in [6, 6.07) is -0.816. The topological polar surface area (TPSA) is 92.8 Å². The molecule has 174 valence electrons. The van der Waals surface area contributed by atoms with Crippen molar-refractivity contribution in [2.24, 2.45) is 11.7 Å². The van der Waals surface area contributed by atoms with Crippen molar-refractivity contribution < 1.29 is 19.7 Å². The van der Waals surface area contributed by atoms with Crippen molar-refractivity contribution in [1.82, 2.24) is 0 Å². The molecule has 0 amide bonds. The molecular weight excluding hydrogens is 366 g/mol. The second-order valence-electron chi connectivity index (χ2n) is 8.74. The molecule has 0 aromatic heterocycles. The molecule has 5 nitrogen and oxygen atoms in total. The lowest BCUT2D eigenvalue weighted by Gasteiger charge is -2.26. The summed E-state index contributed by atoms with van der Waals surface area (Å²) >= 11 is 0. The number of aliphatic hydroxyl groups is 2. The summed E-state index contributed by atoms with van der Waals surface area (Å²) in [6.07, 6.45) is 17.9. The normalized spacial score (nSPS) is 14.7. The Kier molecular flexibility index (Phi) is 18.9. The van der Waals surface area contributed by atoms with E-state index in [9.17, 15) is 4.79 Å². The van der Waals surface area contributed by atoms with Crippen molar-refractivity contribution in [2.75, 3.05) is 0 Å². The molecule has 3 unspecified atom stereocenters. The lowest BCUT2D eigenvalue weighted by Crippen LogP contribution is -2.45. The van der Waals surface area contributed by atoms with E-state index in [0.717, 1.165) is 12.8 Å². The Morgan fingerprint density at radius 2 is 1.14 bits per heavy atom. The van der Waals surface area contributed by atoms with Crippen LogP contribution in [0, 0.1) is 5.92 Å². The molecule has 0 bridgehead atoms. The van der Waals surface area contributed by atoms with E-state index < -0.39 is 18.4 Å². The Balaban J connectivity index is 3.43. The molecule has 0 aromatic carbocycles. The third-order valence-electron chi connectivity index (χ3n) is 5.99. The molecular formula is C24H49NO4. The number of nitrogens with two attached hydrogens (primary N) is 1. The van der Waals surface area contributed by atoms with Crippen LogP contribution in [0.5, 0.6) is 0 Å². The molecule has 0 spiro atoms. The summed E-state index contributed by atoms with van der Waals surface area (Å²) in [7, 11) is 0. The van der Waals surface area contributed by atoms with Gasteiger partial charge in [0.15, 0.2) is 6.29 Å². The van der Waals surface area contributed by atoms with Gasteiger partial charge in [0.1, 0.15) is 6.10 Å². The van der Waals surface area contributed by atoms with Crippen LogP contribution in [0.15, 0.2) is 0 Å². The van der Waals surface area contributed by atoms with Crippen LogP contribution in [0.4, 0.5) is 0 Å². The van der Waals surface area contributed by atoms with Crippen LogP contribution in [0.2, 0.25) is 0 Å². The Hall–Kier alpha value is -0.650. The molecule has 0 aliphatic heterocycles. The first-order valence-electron chi connectivity index (χ1n) is 12.2. The molecule has 0 aromatic rings. The number of unbranched alkanes of at least 4 members (excludes halogenated alkanes) is 14. The second kappa shape index (κ2) is 19.3. The maximum Gasteiger partial charge on any atom is 0.306 e. The van der Waals surface area contributed by atoms with Crippen LogP contribution in [-0.4, -0.2) is 34.6 Å². The van der Waals surface area contributed by atoms with Gasteiger partial charge in [-0.2, -0.15) is 0 Å². The van der Waals surface area contributed by atoms with E-state index in [4.69, 9.17) is 20.7 Å². The van der Waals surface area contributed by atoms with Gasteiger partial charge < -0.3 is 20.7 Å². The van der Waals surface area contributed by atoms with E-state index in [-0.39, 0.29) is 11.9 Å². The molecule has 0 aliphatic rings. The van der Waals surface area contributed by atoms with Crippen molar-refractivity contribution in [2.45, 2.75) is 142 Å². The fourth-order valence-electron chi connectivity index (χ4n) is 3.60. The van der Waals surface area contributed by atoms with Crippen molar-refractivity contribution in [1.29, 1.82) is 0 Å². The molecule has 0 saturated carbocycles. The standard InChI is InChI=1S/C24H49NO4/c1-4-5-6-7-8-9-10-11-12-13-14-15-16-17-18-19-22(26)29-21(3)20(2)23(25)24(27)28/h20-21,23-24,27-28H,4-19,25H2,1-3H3. The summed E-state index contributed by atoms with van der Waals surface area (Å²) < 4.78 is 5.36. The quantitative estimate of drug-likeness (QED) is 0.140. The predicted octanol–water partition coefficient (Wildman–Crippen LogP) is 5.45. The van der Waals surface area contributed by atoms with Crippen molar-refractivity contribution >= 4 is 5.97 Å². The lowest BCUT2D eigenvalue weighted by atomic mass is 9.97. The minimum Gasteiger partial charge on any atom is -0.462 e. The largest absolute Gasteiger partial charge is 0.462 e. The van der Waals surface area contributed by atoms with E-state index in [2.05, 4.69) is 6.92 Å². The molecule has 3 atom stereocenters. The number of carbonyl (C=O) groups excluding carboxylic acids is 1. The number of hydrogen-bond acceptors (Lipinski definition) is 5.